The molecule has 1 aliphatic heterocycles. The summed E-state index contributed by atoms with van der Waals surface area (Å²) in [4.78, 5) is 17.4. The monoisotopic (exact) mass is 388 g/mol. The molecule has 0 radical (unpaired) electrons. The van der Waals surface area contributed by atoms with Crippen molar-refractivity contribution in [2.45, 2.75) is 25.7 Å². The van der Waals surface area contributed by atoms with Gasteiger partial charge in [-0.25, -0.2) is 4.98 Å². The number of hydrogen-bond donors (Lipinski definition) is 1. The van der Waals surface area contributed by atoms with Gasteiger partial charge in [0.1, 0.15) is 10.9 Å². The van der Waals surface area contributed by atoms with Gasteiger partial charge in [0.15, 0.2) is 17.3 Å². The Kier molecular flexibility index (Phi) is 6.11. The van der Waals surface area contributed by atoms with Gasteiger partial charge in [0.2, 0.25) is 0 Å². The first-order chi connectivity index (χ1) is 12.6. The number of thioether (sulfide) groups is 1. The molecule has 26 heavy (non-hydrogen) atoms. The first kappa shape index (κ1) is 18.7. The second-order valence-corrected chi connectivity index (χ2v) is 7.76. The standard InChI is InChI=1S/C19H20N2O3S2/c1-3-4-8-24-13-6-5-12(10-14(13)23-2)11-15-17(22)16(18(20)26-15)19-21-7-9-25-19/h5-7,9-11,16,20H,3-4,8H2,1-2H3/b15-11-,20-18?/t16-/m0/s1. The lowest BCUT2D eigenvalue weighted by Gasteiger charge is -2.11. The Balaban J connectivity index is 1.81. The van der Waals surface area contributed by atoms with Crippen LogP contribution in [0.1, 0.15) is 36.3 Å². The van der Waals surface area contributed by atoms with E-state index in [1.165, 1.54) is 23.1 Å². The summed E-state index contributed by atoms with van der Waals surface area (Å²) in [7, 11) is 1.60. The van der Waals surface area contributed by atoms with Gasteiger partial charge in [0.25, 0.3) is 0 Å². The van der Waals surface area contributed by atoms with Gasteiger partial charge in [-0.2, -0.15) is 0 Å². The maximum Gasteiger partial charge on any atom is 0.186 e. The molecular formula is C19H20N2O3S2. The average molecular weight is 389 g/mol. The van der Waals surface area contributed by atoms with Crippen molar-refractivity contribution in [3.8, 4) is 11.5 Å². The Morgan fingerprint density at radius 1 is 1.35 bits per heavy atom. The number of ether oxygens (including phenoxy) is 2. The van der Waals surface area contributed by atoms with Crippen molar-refractivity contribution in [3.05, 3.63) is 45.3 Å². The average Bonchev–Trinajstić information content (AvgIpc) is 3.24. The molecular weight excluding hydrogens is 368 g/mol. The molecule has 1 N–H and O–H groups in total. The third-order valence-electron chi connectivity index (χ3n) is 3.93. The third kappa shape index (κ3) is 3.99. The number of carbonyl (C=O) groups is 1. The number of carbonyl (C=O) groups excluding carboxylic acids is 1. The van der Waals surface area contributed by atoms with Crippen molar-refractivity contribution in [2.24, 2.45) is 0 Å². The molecule has 0 aliphatic carbocycles. The molecule has 2 heterocycles. The third-order valence-corrected chi connectivity index (χ3v) is 5.76. The number of aromatic nitrogens is 1. The van der Waals surface area contributed by atoms with E-state index in [0.29, 0.717) is 33.1 Å². The highest BCUT2D eigenvalue weighted by Gasteiger charge is 2.38. The van der Waals surface area contributed by atoms with Gasteiger partial charge in [-0.3, -0.25) is 10.2 Å². The van der Waals surface area contributed by atoms with E-state index < -0.39 is 5.92 Å². The summed E-state index contributed by atoms with van der Waals surface area (Å²) in [6.07, 6.45) is 5.51. The van der Waals surface area contributed by atoms with Gasteiger partial charge in [-0.15, -0.1) is 11.3 Å². The van der Waals surface area contributed by atoms with E-state index in [2.05, 4.69) is 11.9 Å². The molecule has 1 atom stereocenters. The minimum Gasteiger partial charge on any atom is -0.493 e. The summed E-state index contributed by atoms with van der Waals surface area (Å²) in [5.41, 5.74) is 0.841. The number of benzene rings is 1. The number of Topliss-reactive ketones (excluding diaryl/α,β-unsaturated/α-hetero) is 1. The normalized spacial score (nSPS) is 18.5. The van der Waals surface area contributed by atoms with Crippen LogP contribution in [0.5, 0.6) is 11.5 Å². The van der Waals surface area contributed by atoms with Gasteiger partial charge in [-0.1, -0.05) is 31.2 Å². The fourth-order valence-electron chi connectivity index (χ4n) is 2.56. The molecule has 1 aliphatic rings. The second-order valence-electron chi connectivity index (χ2n) is 5.75. The predicted octanol–water partition coefficient (Wildman–Crippen LogP) is 4.75. The summed E-state index contributed by atoms with van der Waals surface area (Å²) in [5, 5.41) is 11.0. The number of rotatable bonds is 7. The van der Waals surface area contributed by atoms with Crippen LogP contribution >= 0.6 is 23.1 Å². The topological polar surface area (TPSA) is 72.3 Å². The molecule has 0 unspecified atom stereocenters. The first-order valence-corrected chi connectivity index (χ1v) is 10.1. The van der Waals surface area contributed by atoms with E-state index in [0.717, 1.165) is 18.4 Å². The minimum absolute atomic E-state index is 0.0720. The maximum atomic E-state index is 12.7. The fraction of sp³-hybridized carbons (Fsp3) is 0.316. The van der Waals surface area contributed by atoms with E-state index in [1.54, 1.807) is 19.4 Å². The number of methoxy groups -OCH3 is 1. The molecule has 2 aromatic rings. The van der Waals surface area contributed by atoms with Crippen LogP contribution in [0.3, 0.4) is 0 Å². The van der Waals surface area contributed by atoms with Gasteiger partial charge in [0, 0.05) is 11.6 Å². The molecule has 0 bridgehead atoms. The van der Waals surface area contributed by atoms with Crippen LogP contribution in [0.2, 0.25) is 0 Å². The molecule has 0 amide bonds. The van der Waals surface area contributed by atoms with E-state index in [4.69, 9.17) is 14.9 Å². The number of hydrogen-bond acceptors (Lipinski definition) is 7. The molecule has 1 aromatic heterocycles. The summed E-state index contributed by atoms with van der Waals surface area (Å²) in [5.74, 6) is 0.696. The van der Waals surface area contributed by atoms with Crippen LogP contribution < -0.4 is 9.47 Å². The van der Waals surface area contributed by atoms with Crippen molar-refractivity contribution in [2.75, 3.05) is 13.7 Å². The number of unbranched alkanes of at least 4 members (excludes halogenated alkanes) is 1. The molecule has 5 nitrogen and oxygen atoms in total. The van der Waals surface area contributed by atoms with Crippen molar-refractivity contribution in [1.82, 2.24) is 4.98 Å². The van der Waals surface area contributed by atoms with E-state index >= 15 is 0 Å². The highest BCUT2D eigenvalue weighted by atomic mass is 32.2. The summed E-state index contributed by atoms with van der Waals surface area (Å²) in [6, 6.07) is 5.60. The Morgan fingerprint density at radius 2 is 2.19 bits per heavy atom. The van der Waals surface area contributed by atoms with Gasteiger partial charge in [-0.05, 0) is 30.2 Å². The van der Waals surface area contributed by atoms with Gasteiger partial charge in [0.05, 0.1) is 23.7 Å². The number of ketones is 1. The van der Waals surface area contributed by atoms with Crippen molar-refractivity contribution < 1.29 is 14.3 Å². The van der Waals surface area contributed by atoms with Crippen LogP contribution in [0.4, 0.5) is 0 Å². The minimum atomic E-state index is -0.565. The number of nitrogens with one attached hydrogen (secondary N) is 1. The van der Waals surface area contributed by atoms with Crippen molar-refractivity contribution in [1.29, 1.82) is 5.41 Å². The number of allylic oxidation sites excluding steroid dienone is 1. The van der Waals surface area contributed by atoms with Crippen molar-refractivity contribution >= 4 is 40.0 Å². The highest BCUT2D eigenvalue weighted by molar-refractivity contribution is 8.19. The quantitative estimate of drug-likeness (QED) is 0.547. The van der Waals surface area contributed by atoms with Crippen LogP contribution in [-0.4, -0.2) is 29.5 Å². The predicted molar refractivity (Wildman–Crippen MR) is 107 cm³/mol. The lowest BCUT2D eigenvalue weighted by Crippen LogP contribution is -2.11. The lowest BCUT2D eigenvalue weighted by molar-refractivity contribution is -0.114. The fourth-order valence-corrected chi connectivity index (χ4v) is 4.37. The summed E-state index contributed by atoms with van der Waals surface area (Å²) in [6.45, 7) is 2.76. The number of thiazole rings is 1. The smallest absolute Gasteiger partial charge is 0.186 e. The molecule has 1 saturated heterocycles. The van der Waals surface area contributed by atoms with E-state index in [1.807, 2.05) is 23.6 Å². The Labute approximate surface area is 160 Å². The molecule has 1 aromatic carbocycles. The zero-order valence-corrected chi connectivity index (χ0v) is 16.3. The van der Waals surface area contributed by atoms with E-state index in [-0.39, 0.29) is 5.78 Å². The highest BCUT2D eigenvalue weighted by Crippen LogP contribution is 2.41. The summed E-state index contributed by atoms with van der Waals surface area (Å²) >= 11 is 2.60. The zero-order chi connectivity index (χ0) is 18.5. The molecule has 0 spiro atoms. The maximum absolute atomic E-state index is 12.7. The molecule has 136 valence electrons. The second kappa shape index (κ2) is 8.51. The zero-order valence-electron chi connectivity index (χ0n) is 14.7. The molecule has 7 heteroatoms. The SMILES string of the molecule is CCCCOc1ccc(/C=C2\SC(=N)[C@@H](c3nccs3)C2=O)cc1OC. The molecule has 1 fully saturated rings. The first-order valence-electron chi connectivity index (χ1n) is 8.36. The van der Waals surface area contributed by atoms with Crippen LogP contribution in [-0.2, 0) is 4.79 Å². The molecule has 3 rings (SSSR count). The van der Waals surface area contributed by atoms with Crippen LogP contribution in [0.15, 0.2) is 34.7 Å². The van der Waals surface area contributed by atoms with Gasteiger partial charge >= 0.3 is 0 Å². The van der Waals surface area contributed by atoms with Crippen molar-refractivity contribution in [3.63, 3.8) is 0 Å². The lowest BCUT2D eigenvalue weighted by atomic mass is 10.0. The summed E-state index contributed by atoms with van der Waals surface area (Å²) < 4.78 is 11.2. The van der Waals surface area contributed by atoms with Gasteiger partial charge < -0.3 is 9.47 Å². The molecule has 0 saturated carbocycles. The Hall–Kier alpha value is -2.12. The largest absolute Gasteiger partial charge is 0.493 e. The van der Waals surface area contributed by atoms with Crippen LogP contribution in [0.25, 0.3) is 6.08 Å². The van der Waals surface area contributed by atoms with Crippen LogP contribution in [0, 0.1) is 5.41 Å². The Morgan fingerprint density at radius 3 is 2.88 bits per heavy atom. The number of nitrogens with zero attached hydrogens (tertiary/aromatic N) is 1. The van der Waals surface area contributed by atoms with E-state index in [9.17, 15) is 4.79 Å². The Bertz CT molecular complexity index is 831.